The highest BCUT2D eigenvalue weighted by Gasteiger charge is 2.55. The Morgan fingerprint density at radius 2 is 1.46 bits per heavy atom. The third-order valence-corrected chi connectivity index (χ3v) is 9.24. The molecule has 0 radical (unpaired) electrons. The number of hydrogen-bond donors (Lipinski definition) is 1. The van der Waals surface area contributed by atoms with E-state index >= 15 is 0 Å². The summed E-state index contributed by atoms with van der Waals surface area (Å²) in [7, 11) is 1.41. The van der Waals surface area contributed by atoms with Gasteiger partial charge in [0.15, 0.2) is 0 Å². The van der Waals surface area contributed by atoms with Gasteiger partial charge in [-0.05, 0) is 110 Å². The minimum atomic E-state index is -0.564. The number of esters is 1. The van der Waals surface area contributed by atoms with Crippen LogP contribution in [0, 0.1) is 23.2 Å². The SMILES string of the molecule is COC(=O)[C@H](CSC/C=C(\C)CC/C=C(\C)CCC=C(C)C)NC(=O)C12CC3CC(CC(C3)C1)C2. The number of carbonyl (C=O) groups excluding carboxylic acids is 2. The van der Waals surface area contributed by atoms with Crippen LogP contribution in [0.1, 0.15) is 91.9 Å². The molecule has 4 bridgehead atoms. The maximum absolute atomic E-state index is 13.4. The molecule has 0 aromatic carbocycles. The van der Waals surface area contributed by atoms with Gasteiger partial charge >= 0.3 is 5.97 Å². The van der Waals surface area contributed by atoms with Crippen molar-refractivity contribution in [3.63, 3.8) is 0 Å². The molecule has 0 saturated heterocycles. The van der Waals surface area contributed by atoms with E-state index in [1.807, 2.05) is 0 Å². The normalized spacial score (nSPS) is 28.5. The molecule has 1 atom stereocenters. The van der Waals surface area contributed by atoms with Crippen LogP contribution in [0.5, 0.6) is 0 Å². The predicted molar refractivity (Wildman–Crippen MR) is 147 cm³/mol. The minimum Gasteiger partial charge on any atom is -0.467 e. The smallest absolute Gasteiger partial charge is 0.329 e. The lowest BCUT2D eigenvalue weighted by atomic mass is 9.49. The number of ether oxygens (including phenoxy) is 1. The lowest BCUT2D eigenvalue weighted by Gasteiger charge is -2.55. The summed E-state index contributed by atoms with van der Waals surface area (Å²) in [6, 6.07) is -0.564. The van der Waals surface area contributed by atoms with Gasteiger partial charge in [-0.2, -0.15) is 11.8 Å². The van der Waals surface area contributed by atoms with Gasteiger partial charge in [-0.15, -0.1) is 0 Å². The highest BCUT2D eigenvalue weighted by Crippen LogP contribution is 2.60. The van der Waals surface area contributed by atoms with E-state index in [0.717, 1.165) is 50.7 Å². The predicted octanol–water partition coefficient (Wildman–Crippen LogP) is 7.01. The molecule has 4 aliphatic rings. The van der Waals surface area contributed by atoms with Crippen molar-refractivity contribution < 1.29 is 14.3 Å². The van der Waals surface area contributed by atoms with Crippen LogP contribution in [-0.2, 0) is 14.3 Å². The highest BCUT2D eigenvalue weighted by molar-refractivity contribution is 7.99. The van der Waals surface area contributed by atoms with Gasteiger partial charge < -0.3 is 10.1 Å². The second kappa shape index (κ2) is 13.2. The maximum atomic E-state index is 13.4. The number of carbonyl (C=O) groups is 2. The fraction of sp³-hybridized carbons (Fsp3) is 0.733. The molecule has 35 heavy (non-hydrogen) atoms. The van der Waals surface area contributed by atoms with Gasteiger partial charge in [-0.25, -0.2) is 4.79 Å². The van der Waals surface area contributed by atoms with E-state index in [0.29, 0.717) is 23.5 Å². The molecule has 0 spiro atoms. The Kier molecular flexibility index (Phi) is 10.6. The van der Waals surface area contributed by atoms with E-state index < -0.39 is 6.04 Å². The number of rotatable bonds is 13. The van der Waals surface area contributed by atoms with Gasteiger partial charge in [-0.3, -0.25) is 4.79 Å². The zero-order chi connectivity index (χ0) is 25.4. The van der Waals surface area contributed by atoms with Crippen molar-refractivity contribution in [3.05, 3.63) is 34.9 Å². The van der Waals surface area contributed by atoms with Crippen LogP contribution in [-0.4, -0.2) is 36.5 Å². The number of thioether (sulfide) groups is 1. The van der Waals surface area contributed by atoms with E-state index in [2.05, 4.69) is 51.2 Å². The summed E-state index contributed by atoms with van der Waals surface area (Å²) in [4.78, 5) is 25.8. The Bertz CT molecular complexity index is 801. The van der Waals surface area contributed by atoms with Crippen LogP contribution in [0.25, 0.3) is 0 Å². The lowest BCUT2D eigenvalue weighted by molar-refractivity contribution is -0.152. The summed E-state index contributed by atoms with van der Waals surface area (Å²) in [5, 5.41) is 3.12. The summed E-state index contributed by atoms with van der Waals surface area (Å²) < 4.78 is 5.03. The van der Waals surface area contributed by atoms with Crippen molar-refractivity contribution in [3.8, 4) is 0 Å². The van der Waals surface area contributed by atoms with E-state index in [1.54, 1.807) is 11.8 Å². The molecule has 0 aromatic rings. The molecule has 0 unspecified atom stereocenters. The standard InChI is InChI=1S/C30H47NO3S/c1-21(2)8-6-9-22(3)10-7-11-23(4)12-13-35-20-27(28(32)34-5)31-29(33)30-17-24-14-25(18-30)16-26(15-24)19-30/h8,10,12,24-27H,6-7,9,11,13-20H2,1-5H3,(H,31,33)/b22-10+,23-12+/t24?,25?,26?,27-,30?/m0/s1. The second-order valence-corrected chi connectivity index (χ2v) is 12.8. The first-order chi connectivity index (χ1) is 16.7. The zero-order valence-electron chi connectivity index (χ0n) is 22.7. The molecular weight excluding hydrogens is 454 g/mol. The summed E-state index contributed by atoms with van der Waals surface area (Å²) in [6.07, 6.45) is 18.2. The average molecular weight is 502 g/mol. The Hall–Kier alpha value is -1.49. The van der Waals surface area contributed by atoms with Crippen LogP contribution in [0.3, 0.4) is 0 Å². The fourth-order valence-corrected chi connectivity index (χ4v) is 7.73. The summed E-state index contributed by atoms with van der Waals surface area (Å²) in [5.41, 5.74) is 3.98. The van der Waals surface area contributed by atoms with Crippen LogP contribution in [0.15, 0.2) is 34.9 Å². The molecule has 0 heterocycles. The monoisotopic (exact) mass is 501 g/mol. The van der Waals surface area contributed by atoms with Gasteiger partial charge in [0.2, 0.25) is 5.91 Å². The van der Waals surface area contributed by atoms with Crippen LogP contribution >= 0.6 is 11.8 Å². The highest BCUT2D eigenvalue weighted by atomic mass is 32.2. The molecule has 4 aliphatic carbocycles. The molecule has 1 N–H and O–H groups in total. The minimum absolute atomic E-state index is 0.103. The number of hydrogen-bond acceptors (Lipinski definition) is 4. The lowest BCUT2D eigenvalue weighted by Crippen LogP contribution is -2.56. The first-order valence-corrected chi connectivity index (χ1v) is 14.8. The first kappa shape index (κ1) is 28.1. The Morgan fingerprint density at radius 1 is 0.914 bits per heavy atom. The van der Waals surface area contributed by atoms with Gasteiger partial charge in [0.05, 0.1) is 7.11 Å². The van der Waals surface area contributed by atoms with Gasteiger partial charge in [0.25, 0.3) is 0 Å². The molecule has 0 aliphatic heterocycles. The molecule has 196 valence electrons. The number of amides is 1. The summed E-state index contributed by atoms with van der Waals surface area (Å²) >= 11 is 1.69. The summed E-state index contributed by atoms with van der Waals surface area (Å²) in [5.74, 6) is 3.30. The fourth-order valence-electron chi connectivity index (χ4n) is 6.74. The van der Waals surface area contributed by atoms with E-state index in [4.69, 9.17) is 4.74 Å². The van der Waals surface area contributed by atoms with Crippen molar-refractivity contribution in [2.24, 2.45) is 23.2 Å². The van der Waals surface area contributed by atoms with E-state index in [9.17, 15) is 9.59 Å². The third kappa shape index (κ3) is 8.27. The quantitative estimate of drug-likeness (QED) is 0.167. The molecule has 4 fully saturated rings. The van der Waals surface area contributed by atoms with Crippen molar-refractivity contribution in [1.29, 1.82) is 0 Å². The molecule has 4 saturated carbocycles. The van der Waals surface area contributed by atoms with Crippen molar-refractivity contribution in [2.75, 3.05) is 18.6 Å². The summed E-state index contributed by atoms with van der Waals surface area (Å²) in [6.45, 7) is 8.70. The molecule has 4 nitrogen and oxygen atoms in total. The Morgan fingerprint density at radius 3 is 2.00 bits per heavy atom. The largest absolute Gasteiger partial charge is 0.467 e. The number of nitrogens with one attached hydrogen (secondary N) is 1. The third-order valence-electron chi connectivity index (χ3n) is 8.27. The van der Waals surface area contributed by atoms with Gasteiger partial charge in [0.1, 0.15) is 6.04 Å². The zero-order valence-corrected chi connectivity index (χ0v) is 23.5. The topological polar surface area (TPSA) is 55.4 Å². The van der Waals surface area contributed by atoms with Crippen molar-refractivity contribution >= 4 is 23.6 Å². The first-order valence-electron chi connectivity index (χ1n) is 13.6. The van der Waals surface area contributed by atoms with Crippen LogP contribution in [0.2, 0.25) is 0 Å². The van der Waals surface area contributed by atoms with Gasteiger partial charge in [-0.1, -0.05) is 34.9 Å². The maximum Gasteiger partial charge on any atom is 0.329 e. The van der Waals surface area contributed by atoms with Gasteiger partial charge in [0, 0.05) is 16.9 Å². The Balaban J connectivity index is 1.42. The van der Waals surface area contributed by atoms with Crippen LogP contribution in [0.4, 0.5) is 0 Å². The molecule has 5 heteroatoms. The van der Waals surface area contributed by atoms with E-state index in [1.165, 1.54) is 43.1 Å². The molecule has 1 amide bonds. The van der Waals surface area contributed by atoms with E-state index in [-0.39, 0.29) is 17.3 Å². The van der Waals surface area contributed by atoms with Crippen LogP contribution < -0.4 is 5.32 Å². The number of allylic oxidation sites excluding steroid dienone is 5. The van der Waals surface area contributed by atoms with Crippen molar-refractivity contribution in [2.45, 2.75) is 97.9 Å². The van der Waals surface area contributed by atoms with Crippen molar-refractivity contribution in [1.82, 2.24) is 5.32 Å². The number of methoxy groups -OCH3 is 1. The second-order valence-electron chi connectivity index (χ2n) is 11.7. The average Bonchev–Trinajstić information content (AvgIpc) is 2.79. The molecule has 0 aromatic heterocycles. The molecule has 4 rings (SSSR count). The molecular formula is C30H47NO3S. The Labute approximate surface area is 217 Å².